The molecule has 1 saturated heterocycles. The van der Waals surface area contributed by atoms with E-state index in [9.17, 15) is 9.59 Å². The first-order valence-electron chi connectivity index (χ1n) is 13.1. The Morgan fingerprint density at radius 1 is 1.11 bits per heavy atom. The maximum atomic E-state index is 14.1. The normalized spacial score (nSPS) is 16.2. The Morgan fingerprint density at radius 2 is 1.89 bits per heavy atom. The molecular formula is C29H34N6O3. The van der Waals surface area contributed by atoms with Gasteiger partial charge in [-0.15, -0.1) is 5.10 Å². The number of aryl methyl sites for hydroxylation is 1. The van der Waals surface area contributed by atoms with E-state index in [1.54, 1.807) is 9.58 Å². The number of amides is 2. The Labute approximate surface area is 222 Å². The molecule has 1 aliphatic heterocycles. The predicted molar refractivity (Wildman–Crippen MR) is 146 cm³/mol. The van der Waals surface area contributed by atoms with Gasteiger partial charge in [0.15, 0.2) is 6.04 Å². The number of nitrogens with zero attached hydrogens (tertiary/aromatic N) is 5. The molecular weight excluding hydrogens is 480 g/mol. The summed E-state index contributed by atoms with van der Waals surface area (Å²) in [6.45, 7) is 5.30. The number of rotatable bonds is 9. The topological polar surface area (TPSA) is 94.3 Å². The van der Waals surface area contributed by atoms with Crippen molar-refractivity contribution in [2.24, 2.45) is 7.05 Å². The second kappa shape index (κ2) is 11.2. The van der Waals surface area contributed by atoms with Crippen LogP contribution in [0.1, 0.15) is 49.9 Å². The molecule has 0 unspecified atom stereocenters. The van der Waals surface area contributed by atoms with E-state index in [1.807, 2.05) is 78.5 Å². The summed E-state index contributed by atoms with van der Waals surface area (Å²) in [5.74, 6) is -0.184. The summed E-state index contributed by atoms with van der Waals surface area (Å²) >= 11 is 0. The van der Waals surface area contributed by atoms with Crippen molar-refractivity contribution in [3.8, 4) is 0 Å². The van der Waals surface area contributed by atoms with E-state index in [1.165, 1.54) is 0 Å². The molecule has 9 nitrogen and oxygen atoms in total. The number of hydrogen-bond acceptors (Lipinski definition) is 5. The molecule has 2 aromatic carbocycles. The molecule has 3 heterocycles. The molecule has 4 aromatic rings. The number of ether oxygens (including phenoxy) is 1. The zero-order valence-corrected chi connectivity index (χ0v) is 22.1. The Bertz CT molecular complexity index is 1400. The highest BCUT2D eigenvalue weighted by Crippen LogP contribution is 2.30. The lowest BCUT2D eigenvalue weighted by molar-refractivity contribution is -0.127. The fourth-order valence-electron chi connectivity index (χ4n) is 4.95. The SMILES string of the molecule is CC(C)c1ccc(N(C(=O)Cn2nnc3ccccc32)[C@H](C(=O)NC[C@H]2CCCO2)c2cccn2C)cc1. The number of para-hydroxylation sites is 1. The van der Waals surface area contributed by atoms with Gasteiger partial charge in [0.2, 0.25) is 11.8 Å². The summed E-state index contributed by atoms with van der Waals surface area (Å²) in [6.07, 6.45) is 3.77. The molecule has 2 atom stereocenters. The van der Waals surface area contributed by atoms with Crippen LogP contribution in [0, 0.1) is 0 Å². The number of benzene rings is 2. The van der Waals surface area contributed by atoms with Gasteiger partial charge >= 0.3 is 0 Å². The highest BCUT2D eigenvalue weighted by atomic mass is 16.5. The van der Waals surface area contributed by atoms with Crippen molar-refractivity contribution in [2.75, 3.05) is 18.1 Å². The van der Waals surface area contributed by atoms with Crippen LogP contribution >= 0.6 is 0 Å². The van der Waals surface area contributed by atoms with E-state index in [4.69, 9.17) is 4.74 Å². The first-order valence-corrected chi connectivity index (χ1v) is 13.1. The number of hydrogen-bond donors (Lipinski definition) is 1. The smallest absolute Gasteiger partial charge is 0.249 e. The van der Waals surface area contributed by atoms with Crippen molar-refractivity contribution in [1.29, 1.82) is 0 Å². The van der Waals surface area contributed by atoms with E-state index < -0.39 is 6.04 Å². The second-order valence-electron chi connectivity index (χ2n) is 10.1. The molecule has 0 aliphatic carbocycles. The molecule has 0 radical (unpaired) electrons. The standard InChI is InChI=1S/C29H34N6O3/c1-20(2)21-12-14-22(15-13-21)35(27(36)19-34-25-10-5-4-9-24(25)31-32-34)28(26-11-6-16-33(26)3)29(37)30-18-23-8-7-17-38-23/h4-6,9-16,20,23,28H,7-8,17-19H2,1-3H3,(H,30,37)/t23-,28+/m1/s1. The van der Waals surface area contributed by atoms with Gasteiger partial charge in [0.1, 0.15) is 12.1 Å². The van der Waals surface area contributed by atoms with Gasteiger partial charge in [-0.1, -0.05) is 43.3 Å². The van der Waals surface area contributed by atoms with E-state index in [-0.39, 0.29) is 24.5 Å². The lowest BCUT2D eigenvalue weighted by Gasteiger charge is -2.32. The number of carbonyl (C=O) groups excluding carboxylic acids is 2. The number of nitrogens with one attached hydrogen (secondary N) is 1. The third kappa shape index (κ3) is 5.33. The molecule has 1 fully saturated rings. The van der Waals surface area contributed by atoms with Crippen molar-refractivity contribution in [1.82, 2.24) is 24.9 Å². The minimum absolute atomic E-state index is 0.0102. The molecule has 0 spiro atoms. The molecule has 0 bridgehead atoms. The fraction of sp³-hybridized carbons (Fsp3) is 0.379. The maximum Gasteiger partial charge on any atom is 0.249 e. The van der Waals surface area contributed by atoms with Crippen molar-refractivity contribution >= 4 is 28.5 Å². The third-order valence-corrected chi connectivity index (χ3v) is 7.11. The fourth-order valence-corrected chi connectivity index (χ4v) is 4.95. The van der Waals surface area contributed by atoms with E-state index in [0.29, 0.717) is 36.0 Å². The summed E-state index contributed by atoms with van der Waals surface area (Å²) in [7, 11) is 1.88. The van der Waals surface area contributed by atoms with Crippen LogP contribution in [0.4, 0.5) is 5.69 Å². The van der Waals surface area contributed by atoms with Crippen molar-refractivity contribution in [3.63, 3.8) is 0 Å². The van der Waals surface area contributed by atoms with Crippen molar-refractivity contribution in [2.45, 2.75) is 51.3 Å². The molecule has 0 saturated carbocycles. The predicted octanol–water partition coefficient (Wildman–Crippen LogP) is 3.96. The summed E-state index contributed by atoms with van der Waals surface area (Å²) in [5.41, 5.74) is 3.97. The second-order valence-corrected chi connectivity index (χ2v) is 10.1. The van der Waals surface area contributed by atoms with Gasteiger partial charge in [0.05, 0.1) is 17.3 Å². The number of fused-ring (bicyclic) bond motifs is 1. The Kier molecular flexibility index (Phi) is 7.55. The van der Waals surface area contributed by atoms with Gasteiger partial charge in [-0.25, -0.2) is 4.68 Å². The van der Waals surface area contributed by atoms with Crippen LogP contribution in [0.3, 0.4) is 0 Å². The maximum absolute atomic E-state index is 14.1. The highest BCUT2D eigenvalue weighted by Gasteiger charge is 2.35. The molecule has 5 rings (SSSR count). The van der Waals surface area contributed by atoms with Crippen molar-refractivity contribution < 1.29 is 14.3 Å². The van der Waals surface area contributed by atoms with Gasteiger partial charge in [-0.2, -0.15) is 0 Å². The van der Waals surface area contributed by atoms with E-state index >= 15 is 0 Å². The Morgan fingerprint density at radius 3 is 2.58 bits per heavy atom. The lowest BCUT2D eigenvalue weighted by atomic mass is 10.0. The van der Waals surface area contributed by atoms with Crippen LogP contribution in [0.2, 0.25) is 0 Å². The van der Waals surface area contributed by atoms with Crippen LogP contribution < -0.4 is 10.2 Å². The van der Waals surface area contributed by atoms with Gasteiger partial charge in [0.25, 0.3) is 0 Å². The zero-order chi connectivity index (χ0) is 26.6. The first-order chi connectivity index (χ1) is 18.4. The number of aromatic nitrogens is 4. The summed E-state index contributed by atoms with van der Waals surface area (Å²) in [4.78, 5) is 29.5. The molecule has 9 heteroatoms. The monoisotopic (exact) mass is 514 g/mol. The van der Waals surface area contributed by atoms with E-state index in [2.05, 4.69) is 29.5 Å². The summed E-state index contributed by atoms with van der Waals surface area (Å²) < 4.78 is 9.18. The lowest BCUT2D eigenvalue weighted by Crippen LogP contribution is -2.47. The Hall–Kier alpha value is -3.98. The molecule has 38 heavy (non-hydrogen) atoms. The average Bonchev–Trinajstić information content (AvgIpc) is 3.68. The first kappa shape index (κ1) is 25.7. The number of carbonyl (C=O) groups is 2. The van der Waals surface area contributed by atoms with Gasteiger partial charge in [0, 0.05) is 32.1 Å². The summed E-state index contributed by atoms with van der Waals surface area (Å²) in [6, 6.07) is 18.2. The highest BCUT2D eigenvalue weighted by molar-refractivity contribution is 6.01. The quantitative estimate of drug-likeness (QED) is 0.365. The average molecular weight is 515 g/mol. The van der Waals surface area contributed by atoms with Crippen LogP contribution in [0.25, 0.3) is 11.0 Å². The van der Waals surface area contributed by atoms with Gasteiger partial charge in [-0.3, -0.25) is 14.5 Å². The molecule has 1 N–H and O–H groups in total. The molecule has 198 valence electrons. The molecule has 2 amide bonds. The molecule has 2 aromatic heterocycles. The summed E-state index contributed by atoms with van der Waals surface area (Å²) in [5, 5.41) is 11.5. The van der Waals surface area contributed by atoms with Crippen LogP contribution in [-0.4, -0.2) is 50.6 Å². The Balaban J connectivity index is 1.53. The van der Waals surface area contributed by atoms with E-state index in [0.717, 1.165) is 23.9 Å². The minimum Gasteiger partial charge on any atom is -0.376 e. The molecule has 1 aliphatic rings. The third-order valence-electron chi connectivity index (χ3n) is 7.11. The van der Waals surface area contributed by atoms with Gasteiger partial charge < -0.3 is 14.6 Å². The zero-order valence-electron chi connectivity index (χ0n) is 22.1. The van der Waals surface area contributed by atoms with Crippen molar-refractivity contribution in [3.05, 3.63) is 78.1 Å². The minimum atomic E-state index is -0.886. The number of anilines is 1. The van der Waals surface area contributed by atoms with Crippen LogP contribution in [-0.2, 0) is 27.9 Å². The van der Waals surface area contributed by atoms with Crippen LogP contribution in [0.5, 0.6) is 0 Å². The largest absolute Gasteiger partial charge is 0.376 e. The van der Waals surface area contributed by atoms with Crippen LogP contribution in [0.15, 0.2) is 66.9 Å². The van der Waals surface area contributed by atoms with Gasteiger partial charge in [-0.05, 0) is 60.7 Å².